The van der Waals surface area contributed by atoms with Crippen LogP contribution < -0.4 is 0 Å². The number of aromatic nitrogens is 3. The van der Waals surface area contributed by atoms with Crippen molar-refractivity contribution in [1.29, 1.82) is 0 Å². The molecule has 2 aromatic rings. The molecular formula is C14H14ClN3O3. The number of carboxylic acids is 1. The second-order valence-corrected chi connectivity index (χ2v) is 5.16. The molecule has 1 N–H and O–H groups in total. The molecule has 1 unspecified atom stereocenters. The number of ketones is 1. The molecular weight excluding hydrogens is 294 g/mol. The van der Waals surface area contributed by atoms with Crippen LogP contribution in [-0.2, 0) is 0 Å². The number of carbonyl (C=O) groups excluding carboxylic acids is 1. The van der Waals surface area contributed by atoms with Crippen molar-refractivity contribution in [3.63, 3.8) is 0 Å². The van der Waals surface area contributed by atoms with E-state index in [1.807, 2.05) is 13.8 Å². The Morgan fingerprint density at radius 2 is 2.10 bits per heavy atom. The van der Waals surface area contributed by atoms with Gasteiger partial charge in [0.05, 0.1) is 6.04 Å². The van der Waals surface area contributed by atoms with Gasteiger partial charge in [-0.3, -0.25) is 9.48 Å². The molecule has 0 spiro atoms. The molecule has 1 atom stereocenters. The predicted molar refractivity (Wildman–Crippen MR) is 77.0 cm³/mol. The van der Waals surface area contributed by atoms with Crippen molar-refractivity contribution in [2.24, 2.45) is 0 Å². The van der Waals surface area contributed by atoms with Crippen LogP contribution in [0.4, 0.5) is 0 Å². The number of aromatic carboxylic acids is 1. The number of nitrogens with zero attached hydrogens (tertiary/aromatic N) is 3. The summed E-state index contributed by atoms with van der Waals surface area (Å²) in [7, 11) is 0. The van der Waals surface area contributed by atoms with Gasteiger partial charge < -0.3 is 5.11 Å². The van der Waals surface area contributed by atoms with Gasteiger partial charge in [-0.05, 0) is 31.0 Å². The molecule has 7 heteroatoms. The Hall–Kier alpha value is -2.21. The average Bonchev–Trinajstić information content (AvgIpc) is 2.83. The minimum absolute atomic E-state index is 0.0473. The van der Waals surface area contributed by atoms with Gasteiger partial charge >= 0.3 is 5.97 Å². The highest BCUT2D eigenvalue weighted by Gasteiger charge is 2.22. The molecule has 0 bridgehead atoms. The van der Waals surface area contributed by atoms with Gasteiger partial charge in [-0.2, -0.15) is 5.10 Å². The number of rotatable bonds is 4. The van der Waals surface area contributed by atoms with E-state index in [1.165, 1.54) is 17.8 Å². The largest absolute Gasteiger partial charge is 0.478 e. The van der Waals surface area contributed by atoms with Crippen molar-refractivity contribution in [1.82, 2.24) is 14.8 Å². The van der Waals surface area contributed by atoms with Crippen molar-refractivity contribution < 1.29 is 14.7 Å². The van der Waals surface area contributed by atoms with Crippen LogP contribution in [0, 0.1) is 6.92 Å². The zero-order valence-electron chi connectivity index (χ0n) is 11.8. The third kappa shape index (κ3) is 2.95. The van der Waals surface area contributed by atoms with Crippen molar-refractivity contribution in [3.05, 3.63) is 46.0 Å². The Bertz CT molecular complexity index is 693. The summed E-state index contributed by atoms with van der Waals surface area (Å²) in [5.41, 5.74) is 1.62. The third-order valence-corrected chi connectivity index (χ3v) is 3.47. The molecule has 0 amide bonds. The summed E-state index contributed by atoms with van der Waals surface area (Å²) < 4.78 is 1.46. The van der Waals surface area contributed by atoms with Gasteiger partial charge in [-0.25, -0.2) is 9.78 Å². The molecule has 2 aromatic heterocycles. The maximum absolute atomic E-state index is 11.5. The first-order valence-electron chi connectivity index (χ1n) is 6.26. The van der Waals surface area contributed by atoms with Gasteiger partial charge in [0.1, 0.15) is 16.4 Å². The Balaban J connectivity index is 2.48. The Morgan fingerprint density at radius 3 is 2.57 bits per heavy atom. The van der Waals surface area contributed by atoms with E-state index >= 15 is 0 Å². The molecule has 0 aliphatic rings. The van der Waals surface area contributed by atoms with Crippen molar-refractivity contribution in [3.8, 4) is 0 Å². The number of carbonyl (C=O) groups is 2. The molecule has 21 heavy (non-hydrogen) atoms. The van der Waals surface area contributed by atoms with Gasteiger partial charge in [0.15, 0.2) is 5.78 Å². The topological polar surface area (TPSA) is 85.1 Å². The number of aryl methyl sites for hydroxylation is 1. The number of hydrogen-bond acceptors (Lipinski definition) is 4. The lowest BCUT2D eigenvalue weighted by atomic mass is 10.1. The van der Waals surface area contributed by atoms with Crippen LogP contribution in [0.15, 0.2) is 18.5 Å². The fourth-order valence-electron chi connectivity index (χ4n) is 2.12. The quantitative estimate of drug-likeness (QED) is 0.693. The van der Waals surface area contributed by atoms with Crippen LogP contribution in [-0.4, -0.2) is 31.6 Å². The van der Waals surface area contributed by atoms with Crippen LogP contribution in [0.5, 0.6) is 0 Å². The zero-order valence-corrected chi connectivity index (χ0v) is 12.5. The summed E-state index contributed by atoms with van der Waals surface area (Å²) >= 11 is 5.82. The molecule has 0 fully saturated rings. The van der Waals surface area contributed by atoms with E-state index in [2.05, 4.69) is 10.1 Å². The van der Waals surface area contributed by atoms with Crippen LogP contribution in [0.1, 0.15) is 51.9 Å². The first-order valence-corrected chi connectivity index (χ1v) is 6.64. The summed E-state index contributed by atoms with van der Waals surface area (Å²) in [6.07, 6.45) is 2.98. The lowest BCUT2D eigenvalue weighted by molar-refractivity contribution is 0.0692. The molecule has 0 aliphatic heterocycles. The van der Waals surface area contributed by atoms with Crippen LogP contribution in [0.2, 0.25) is 5.15 Å². The van der Waals surface area contributed by atoms with E-state index in [0.717, 1.165) is 11.1 Å². The lowest BCUT2D eigenvalue weighted by Gasteiger charge is -2.14. The molecule has 0 saturated carbocycles. The minimum Gasteiger partial charge on any atom is -0.478 e. The standard InChI is InChI=1S/C14H14ClN3O3/c1-7-4-12(15)16-5-10(7)8(2)18-6-11(14(20)21)13(17-18)9(3)19/h4-6,8H,1-3H3,(H,20,21). The molecule has 0 aromatic carbocycles. The molecule has 6 nitrogen and oxygen atoms in total. The number of halogens is 1. The number of pyridine rings is 1. The number of carboxylic acid groups (broad SMARTS) is 1. The van der Waals surface area contributed by atoms with Gasteiger partial charge in [0.25, 0.3) is 0 Å². The highest BCUT2D eigenvalue weighted by molar-refractivity contribution is 6.29. The SMILES string of the molecule is CC(=O)c1nn(C(C)c2cnc(Cl)cc2C)cc1C(=O)O. The van der Waals surface area contributed by atoms with E-state index in [-0.39, 0.29) is 23.1 Å². The van der Waals surface area contributed by atoms with Crippen LogP contribution in [0.3, 0.4) is 0 Å². The Morgan fingerprint density at radius 1 is 1.43 bits per heavy atom. The van der Waals surface area contributed by atoms with Gasteiger partial charge in [-0.1, -0.05) is 11.6 Å². The molecule has 0 saturated heterocycles. The fourth-order valence-corrected chi connectivity index (χ4v) is 2.33. The normalized spacial score (nSPS) is 12.2. The second kappa shape index (κ2) is 5.65. The molecule has 0 aliphatic carbocycles. The first kappa shape index (κ1) is 15.2. The average molecular weight is 308 g/mol. The van der Waals surface area contributed by atoms with E-state index in [4.69, 9.17) is 16.7 Å². The highest BCUT2D eigenvalue weighted by atomic mass is 35.5. The summed E-state index contributed by atoms with van der Waals surface area (Å²) in [4.78, 5) is 26.7. The third-order valence-electron chi connectivity index (χ3n) is 3.26. The lowest BCUT2D eigenvalue weighted by Crippen LogP contribution is -2.10. The number of hydrogen-bond donors (Lipinski definition) is 1. The first-order chi connectivity index (χ1) is 9.81. The minimum atomic E-state index is -1.18. The highest BCUT2D eigenvalue weighted by Crippen LogP contribution is 2.23. The molecule has 2 heterocycles. The predicted octanol–water partition coefficient (Wildman–Crippen LogP) is 2.75. The summed E-state index contributed by atoms with van der Waals surface area (Å²) in [6.45, 7) is 5.02. The van der Waals surface area contributed by atoms with Gasteiger partial charge in [-0.15, -0.1) is 0 Å². The summed E-state index contributed by atoms with van der Waals surface area (Å²) in [5.74, 6) is -1.56. The zero-order chi connectivity index (χ0) is 15.7. The Kier molecular flexibility index (Phi) is 4.09. The van der Waals surface area contributed by atoms with Gasteiger partial charge in [0.2, 0.25) is 0 Å². The monoisotopic (exact) mass is 307 g/mol. The molecule has 2 rings (SSSR count). The van der Waals surface area contributed by atoms with Crippen molar-refractivity contribution in [2.75, 3.05) is 0 Å². The van der Waals surface area contributed by atoms with E-state index in [0.29, 0.717) is 5.15 Å². The maximum Gasteiger partial charge on any atom is 0.339 e. The van der Waals surface area contributed by atoms with E-state index in [1.54, 1.807) is 12.3 Å². The van der Waals surface area contributed by atoms with Crippen molar-refractivity contribution >= 4 is 23.4 Å². The van der Waals surface area contributed by atoms with Crippen LogP contribution in [0.25, 0.3) is 0 Å². The molecule has 0 radical (unpaired) electrons. The number of Topliss-reactive ketones (excluding diaryl/α,β-unsaturated/α-hetero) is 1. The molecule has 110 valence electrons. The van der Waals surface area contributed by atoms with E-state index < -0.39 is 5.97 Å². The Labute approximate surface area is 126 Å². The van der Waals surface area contributed by atoms with Gasteiger partial charge in [0, 0.05) is 19.3 Å². The smallest absolute Gasteiger partial charge is 0.339 e. The van der Waals surface area contributed by atoms with E-state index in [9.17, 15) is 9.59 Å². The van der Waals surface area contributed by atoms with Crippen molar-refractivity contribution in [2.45, 2.75) is 26.8 Å². The van der Waals surface area contributed by atoms with Crippen LogP contribution >= 0.6 is 11.6 Å². The second-order valence-electron chi connectivity index (χ2n) is 4.77. The summed E-state index contributed by atoms with van der Waals surface area (Å²) in [6, 6.07) is 1.46. The summed E-state index contributed by atoms with van der Waals surface area (Å²) in [5, 5.41) is 13.6. The maximum atomic E-state index is 11.5. The fraction of sp³-hybridized carbons (Fsp3) is 0.286.